The lowest BCUT2D eigenvalue weighted by molar-refractivity contribution is -0.0250. The van der Waals surface area contributed by atoms with E-state index in [0.717, 1.165) is 37.8 Å². The number of likely N-dealkylation sites (tertiary alicyclic amines) is 1. The number of halogens is 1. The Balaban J connectivity index is 1.64. The Kier molecular flexibility index (Phi) is 10.9. The largest absolute Gasteiger partial charge is 0.453 e. The van der Waals surface area contributed by atoms with Gasteiger partial charge < -0.3 is 29.7 Å². The van der Waals surface area contributed by atoms with E-state index in [1.54, 1.807) is 0 Å². The number of nitrogens with zero attached hydrogens (tertiary/aromatic N) is 1. The molecule has 0 radical (unpaired) electrons. The number of alkyl carbamates (subject to hydrolysis) is 1. The maximum atomic E-state index is 13.2. The van der Waals surface area contributed by atoms with Crippen LogP contribution in [0.25, 0.3) is 0 Å². The monoisotopic (exact) mass is 509 g/mol. The Morgan fingerprint density at radius 3 is 2.86 bits per heavy atom. The number of carbonyl (C=O) groups is 2. The van der Waals surface area contributed by atoms with Gasteiger partial charge in [0.05, 0.1) is 19.8 Å². The van der Waals surface area contributed by atoms with Crippen LogP contribution in [0.2, 0.25) is 5.02 Å². The summed E-state index contributed by atoms with van der Waals surface area (Å²) >= 11 is 6.27. The first-order valence-electron chi connectivity index (χ1n) is 12.7. The summed E-state index contributed by atoms with van der Waals surface area (Å²) in [5.41, 5.74) is 0.962. The number of amides is 2. The fourth-order valence-electron chi connectivity index (χ4n) is 5.12. The predicted octanol–water partition coefficient (Wildman–Crippen LogP) is 4.63. The topological polar surface area (TPSA) is 89.1 Å². The lowest BCUT2D eigenvalue weighted by Crippen LogP contribution is -2.48. The number of benzene rings is 1. The van der Waals surface area contributed by atoms with Crippen molar-refractivity contribution in [1.82, 2.24) is 15.5 Å². The van der Waals surface area contributed by atoms with Gasteiger partial charge in [0.1, 0.15) is 6.10 Å². The second kappa shape index (κ2) is 13.9. The molecule has 3 rings (SSSR count). The first-order chi connectivity index (χ1) is 16.9. The van der Waals surface area contributed by atoms with Crippen LogP contribution < -0.4 is 10.6 Å². The van der Waals surface area contributed by atoms with Crippen molar-refractivity contribution in [1.29, 1.82) is 0 Å². The number of hydrogen-bond acceptors (Lipinski definition) is 6. The standard InChI is InChI=1S/C26H40ClN3O5/c1-18(2)14-19-9-10-28-16-23(19)35-26(32)30-12-5-7-21(17-30)24(20-6-4-8-22(27)15-20)34-13-11-29-25(31)33-3/h4,6,8,15,18-19,21,23-24,28H,5,7,9-14,16-17H2,1-3H3,(H,29,31)/t19-,21+,23+,24-/m0/s1. The smallest absolute Gasteiger partial charge is 0.410 e. The summed E-state index contributed by atoms with van der Waals surface area (Å²) in [5, 5.41) is 6.65. The zero-order chi connectivity index (χ0) is 25.2. The quantitative estimate of drug-likeness (QED) is 0.472. The Bertz CT molecular complexity index is 824. The third-order valence-electron chi connectivity index (χ3n) is 6.77. The zero-order valence-electron chi connectivity index (χ0n) is 21.1. The van der Waals surface area contributed by atoms with E-state index < -0.39 is 6.09 Å². The molecule has 0 saturated carbocycles. The van der Waals surface area contributed by atoms with Gasteiger partial charge in [-0.3, -0.25) is 0 Å². The maximum Gasteiger partial charge on any atom is 0.410 e. The van der Waals surface area contributed by atoms with Crippen LogP contribution in [0.3, 0.4) is 0 Å². The van der Waals surface area contributed by atoms with Gasteiger partial charge >= 0.3 is 12.2 Å². The van der Waals surface area contributed by atoms with Crippen LogP contribution in [0.15, 0.2) is 24.3 Å². The lowest BCUT2D eigenvalue weighted by Gasteiger charge is -2.39. The van der Waals surface area contributed by atoms with E-state index in [1.807, 2.05) is 29.2 Å². The summed E-state index contributed by atoms with van der Waals surface area (Å²) < 4.78 is 16.9. The van der Waals surface area contributed by atoms with Crippen molar-refractivity contribution < 1.29 is 23.8 Å². The summed E-state index contributed by atoms with van der Waals surface area (Å²) in [6.45, 7) is 7.99. The molecule has 4 atom stereocenters. The van der Waals surface area contributed by atoms with Crippen LogP contribution in [0.5, 0.6) is 0 Å². The van der Waals surface area contributed by atoms with Crippen molar-refractivity contribution in [2.45, 2.75) is 51.7 Å². The average Bonchev–Trinajstić information content (AvgIpc) is 2.84. The van der Waals surface area contributed by atoms with E-state index in [1.165, 1.54) is 7.11 Å². The maximum absolute atomic E-state index is 13.2. The number of methoxy groups -OCH3 is 1. The number of nitrogens with one attached hydrogen (secondary N) is 2. The van der Waals surface area contributed by atoms with Gasteiger partial charge in [-0.2, -0.15) is 0 Å². The second-order valence-electron chi connectivity index (χ2n) is 9.92. The van der Waals surface area contributed by atoms with Gasteiger partial charge in [-0.05, 0) is 61.8 Å². The van der Waals surface area contributed by atoms with Gasteiger partial charge in [-0.15, -0.1) is 0 Å². The zero-order valence-corrected chi connectivity index (χ0v) is 21.9. The summed E-state index contributed by atoms with van der Waals surface area (Å²) in [4.78, 5) is 26.4. The van der Waals surface area contributed by atoms with E-state index in [9.17, 15) is 9.59 Å². The van der Waals surface area contributed by atoms with Crippen molar-refractivity contribution in [2.24, 2.45) is 17.8 Å². The van der Waals surface area contributed by atoms with Crippen molar-refractivity contribution in [2.75, 3.05) is 46.4 Å². The first-order valence-corrected chi connectivity index (χ1v) is 13.1. The van der Waals surface area contributed by atoms with Crippen LogP contribution in [0, 0.1) is 17.8 Å². The minimum atomic E-state index is -0.493. The van der Waals surface area contributed by atoms with Gasteiger partial charge in [-0.25, -0.2) is 9.59 Å². The molecular weight excluding hydrogens is 470 g/mol. The van der Waals surface area contributed by atoms with Gasteiger partial charge in [0.2, 0.25) is 0 Å². The fourth-order valence-corrected chi connectivity index (χ4v) is 5.32. The molecule has 2 aliphatic heterocycles. The van der Waals surface area contributed by atoms with Gasteiger partial charge in [-0.1, -0.05) is 37.6 Å². The fraction of sp³-hybridized carbons (Fsp3) is 0.692. The van der Waals surface area contributed by atoms with Crippen molar-refractivity contribution in [3.8, 4) is 0 Å². The Morgan fingerprint density at radius 2 is 2.11 bits per heavy atom. The molecule has 2 saturated heterocycles. The second-order valence-corrected chi connectivity index (χ2v) is 10.4. The van der Waals surface area contributed by atoms with Crippen molar-refractivity contribution >= 4 is 23.8 Å². The van der Waals surface area contributed by atoms with E-state index in [4.69, 9.17) is 21.1 Å². The molecular formula is C26H40ClN3O5. The minimum absolute atomic E-state index is 0.0869. The van der Waals surface area contributed by atoms with Crippen LogP contribution in [-0.4, -0.2) is 69.6 Å². The van der Waals surface area contributed by atoms with E-state index in [0.29, 0.717) is 49.6 Å². The van der Waals surface area contributed by atoms with Gasteiger partial charge in [0, 0.05) is 37.1 Å². The highest BCUT2D eigenvalue weighted by Gasteiger charge is 2.35. The van der Waals surface area contributed by atoms with E-state index >= 15 is 0 Å². The molecule has 0 unspecified atom stereocenters. The van der Waals surface area contributed by atoms with Gasteiger partial charge in [0.15, 0.2) is 0 Å². The number of ether oxygens (including phenoxy) is 3. The summed E-state index contributed by atoms with van der Waals surface area (Å²) in [7, 11) is 1.33. The molecule has 1 aromatic rings. The van der Waals surface area contributed by atoms with E-state index in [-0.39, 0.29) is 24.2 Å². The number of rotatable bonds is 9. The molecule has 2 N–H and O–H groups in total. The Labute approximate surface area is 214 Å². The molecule has 196 valence electrons. The molecule has 1 aromatic carbocycles. The minimum Gasteiger partial charge on any atom is -0.453 e. The molecule has 0 aliphatic carbocycles. The van der Waals surface area contributed by atoms with Crippen LogP contribution in [0.1, 0.15) is 51.2 Å². The summed E-state index contributed by atoms with van der Waals surface area (Å²) in [6.07, 6.45) is 2.81. The highest BCUT2D eigenvalue weighted by atomic mass is 35.5. The van der Waals surface area contributed by atoms with E-state index in [2.05, 4.69) is 29.2 Å². The molecule has 9 heteroatoms. The van der Waals surface area contributed by atoms with Gasteiger partial charge in [0.25, 0.3) is 0 Å². The SMILES string of the molecule is COC(=O)NCCO[C@@H](c1cccc(Cl)c1)[C@@H]1CCCN(C(=O)O[C@@H]2CNCC[C@H]2CC(C)C)C1. The molecule has 2 fully saturated rings. The molecule has 2 heterocycles. The third kappa shape index (κ3) is 8.54. The Hall–Kier alpha value is -2.03. The molecule has 0 bridgehead atoms. The van der Waals surface area contributed by atoms with Crippen LogP contribution in [0.4, 0.5) is 9.59 Å². The predicted molar refractivity (Wildman–Crippen MR) is 136 cm³/mol. The van der Waals surface area contributed by atoms with Crippen LogP contribution in [-0.2, 0) is 14.2 Å². The molecule has 35 heavy (non-hydrogen) atoms. The van der Waals surface area contributed by atoms with Crippen molar-refractivity contribution in [3.05, 3.63) is 34.9 Å². The number of carbonyl (C=O) groups excluding carboxylic acids is 2. The van der Waals surface area contributed by atoms with Crippen LogP contribution >= 0.6 is 11.6 Å². The third-order valence-corrected chi connectivity index (χ3v) is 7.00. The summed E-state index contributed by atoms with van der Waals surface area (Å²) in [5.74, 6) is 1.05. The molecule has 0 aromatic heterocycles. The number of piperidine rings is 2. The lowest BCUT2D eigenvalue weighted by atomic mass is 9.87. The highest BCUT2D eigenvalue weighted by Crippen LogP contribution is 2.34. The molecule has 2 amide bonds. The molecule has 2 aliphatic rings. The highest BCUT2D eigenvalue weighted by molar-refractivity contribution is 6.30. The first kappa shape index (κ1) is 27.6. The number of hydrogen-bond donors (Lipinski definition) is 2. The summed E-state index contributed by atoms with van der Waals surface area (Å²) in [6, 6.07) is 7.63. The molecule has 0 spiro atoms. The Morgan fingerprint density at radius 1 is 1.29 bits per heavy atom. The molecule has 8 nitrogen and oxygen atoms in total. The van der Waals surface area contributed by atoms with Crippen molar-refractivity contribution in [3.63, 3.8) is 0 Å². The normalized spacial score (nSPS) is 23.6. The average molecular weight is 510 g/mol.